The lowest BCUT2D eigenvalue weighted by atomic mass is 10.1. The summed E-state index contributed by atoms with van der Waals surface area (Å²) in [6.07, 6.45) is 1.80. The summed E-state index contributed by atoms with van der Waals surface area (Å²) in [5.41, 5.74) is 0.876. The maximum atomic E-state index is 13.6. The fourth-order valence-corrected chi connectivity index (χ4v) is 1.83. The maximum absolute atomic E-state index is 13.6. The van der Waals surface area contributed by atoms with E-state index in [0.29, 0.717) is 11.3 Å². The average Bonchev–Trinajstić information content (AvgIpc) is 2.70. The molecule has 0 fully saturated rings. The number of halogens is 2. The molecule has 0 atom stereocenters. The molecule has 0 N–H and O–H groups in total. The molecule has 2 rings (SSSR count). The normalized spacial score (nSPS) is 10.6. The number of Topliss-reactive ketones (excluding diaryl/α,β-unsaturated/α-hetero) is 1. The molecule has 0 aliphatic heterocycles. The zero-order chi connectivity index (χ0) is 13.1. The van der Waals surface area contributed by atoms with Crippen LogP contribution in [-0.2, 0) is 24.7 Å². The van der Waals surface area contributed by atoms with E-state index in [-0.39, 0.29) is 23.6 Å². The Kier molecular flexibility index (Phi) is 3.72. The van der Waals surface area contributed by atoms with E-state index < -0.39 is 5.82 Å². The van der Waals surface area contributed by atoms with E-state index in [0.717, 1.165) is 0 Å². The molecule has 0 aliphatic rings. The molecule has 2 aromatic rings. The van der Waals surface area contributed by atoms with E-state index in [9.17, 15) is 9.18 Å². The van der Waals surface area contributed by atoms with Gasteiger partial charge < -0.3 is 0 Å². The van der Waals surface area contributed by atoms with Crippen LogP contribution >= 0.6 is 11.6 Å². The minimum atomic E-state index is -0.535. The van der Waals surface area contributed by atoms with Crippen molar-refractivity contribution in [1.29, 1.82) is 0 Å². The molecule has 18 heavy (non-hydrogen) atoms. The Morgan fingerprint density at radius 3 is 2.89 bits per heavy atom. The number of carbonyl (C=O) groups excluding carboxylic acids is 1. The van der Waals surface area contributed by atoms with Gasteiger partial charge in [0.15, 0.2) is 0 Å². The van der Waals surface area contributed by atoms with Gasteiger partial charge in [-0.2, -0.15) is 0 Å². The van der Waals surface area contributed by atoms with Gasteiger partial charge in [0.1, 0.15) is 11.6 Å². The highest BCUT2D eigenvalue weighted by molar-refractivity contribution is 6.30. The van der Waals surface area contributed by atoms with Gasteiger partial charge in [0.05, 0.1) is 17.1 Å². The topological polar surface area (TPSA) is 47.8 Å². The predicted molar refractivity (Wildman–Crippen MR) is 64.8 cm³/mol. The lowest BCUT2D eigenvalue weighted by molar-refractivity contribution is -0.117. The number of hydrogen-bond acceptors (Lipinski definition) is 3. The minimum Gasteiger partial charge on any atom is -0.299 e. The van der Waals surface area contributed by atoms with Gasteiger partial charge in [0.25, 0.3) is 0 Å². The lowest BCUT2D eigenvalue weighted by Crippen LogP contribution is -2.08. The lowest BCUT2D eigenvalue weighted by Gasteiger charge is -2.02. The predicted octanol–water partition coefficient (Wildman–Crippen LogP) is 1.96. The summed E-state index contributed by atoms with van der Waals surface area (Å²) in [6, 6.07) is 4.62. The minimum absolute atomic E-state index is 0.00294. The molecule has 6 heteroatoms. The summed E-state index contributed by atoms with van der Waals surface area (Å²) in [5, 5.41) is 7.56. The van der Waals surface area contributed by atoms with Crippen LogP contribution in [0.5, 0.6) is 0 Å². The summed E-state index contributed by atoms with van der Waals surface area (Å²) < 4.78 is 15.1. The number of carbonyl (C=O) groups is 1. The van der Waals surface area contributed by atoms with E-state index in [4.69, 9.17) is 11.6 Å². The molecule has 0 amide bonds. The van der Waals surface area contributed by atoms with Gasteiger partial charge in [-0.3, -0.25) is 9.48 Å². The van der Waals surface area contributed by atoms with Crippen molar-refractivity contribution in [1.82, 2.24) is 15.0 Å². The summed E-state index contributed by atoms with van der Waals surface area (Å²) in [4.78, 5) is 11.8. The highest BCUT2D eigenvalue weighted by Gasteiger charge is 2.12. The highest BCUT2D eigenvalue weighted by Crippen LogP contribution is 2.18. The van der Waals surface area contributed by atoms with E-state index in [2.05, 4.69) is 10.3 Å². The Hall–Kier alpha value is -1.75. The third-order valence-corrected chi connectivity index (χ3v) is 2.74. The van der Waals surface area contributed by atoms with Crippen molar-refractivity contribution < 1.29 is 9.18 Å². The fraction of sp³-hybridized carbons (Fsp3) is 0.250. The van der Waals surface area contributed by atoms with Crippen LogP contribution in [0.25, 0.3) is 0 Å². The molecule has 1 aromatic heterocycles. The second-order valence-electron chi connectivity index (χ2n) is 3.99. The van der Waals surface area contributed by atoms with Crippen molar-refractivity contribution in [2.75, 3.05) is 0 Å². The monoisotopic (exact) mass is 267 g/mol. The van der Waals surface area contributed by atoms with Crippen molar-refractivity contribution in [3.63, 3.8) is 0 Å². The molecule has 0 saturated carbocycles. The molecule has 0 aliphatic carbocycles. The van der Waals surface area contributed by atoms with Crippen LogP contribution in [-0.4, -0.2) is 20.8 Å². The van der Waals surface area contributed by atoms with Crippen molar-refractivity contribution in [3.05, 3.63) is 46.5 Å². The molecule has 0 radical (unpaired) electrons. The molecule has 0 bridgehead atoms. The van der Waals surface area contributed by atoms with Crippen LogP contribution in [0, 0.1) is 5.82 Å². The van der Waals surface area contributed by atoms with E-state index in [1.165, 1.54) is 10.7 Å². The number of nitrogens with zero attached hydrogens (tertiary/aromatic N) is 3. The first-order chi connectivity index (χ1) is 8.56. The van der Waals surface area contributed by atoms with Gasteiger partial charge in [-0.1, -0.05) is 28.9 Å². The van der Waals surface area contributed by atoms with E-state index in [1.54, 1.807) is 25.4 Å². The standard InChI is InChI=1S/C12H11ClFN3O/c1-17-7-9(15-16-17)6-10(18)5-8-3-2-4-11(13)12(8)14/h2-4,7H,5-6H2,1H3. The van der Waals surface area contributed by atoms with Crippen molar-refractivity contribution in [2.24, 2.45) is 7.05 Å². The quantitative estimate of drug-likeness (QED) is 0.851. The third kappa shape index (κ3) is 2.92. The van der Waals surface area contributed by atoms with Gasteiger partial charge in [0.2, 0.25) is 0 Å². The van der Waals surface area contributed by atoms with Gasteiger partial charge in [-0.25, -0.2) is 4.39 Å². The Balaban J connectivity index is 2.05. The molecule has 0 unspecified atom stereocenters. The molecule has 0 spiro atoms. The zero-order valence-corrected chi connectivity index (χ0v) is 10.5. The van der Waals surface area contributed by atoms with E-state index in [1.807, 2.05) is 0 Å². The molecule has 1 aromatic carbocycles. The first-order valence-corrected chi connectivity index (χ1v) is 5.74. The SMILES string of the molecule is Cn1cc(CC(=O)Cc2cccc(Cl)c2F)nn1. The maximum Gasteiger partial charge on any atom is 0.145 e. The Morgan fingerprint density at radius 2 is 2.22 bits per heavy atom. The smallest absolute Gasteiger partial charge is 0.145 e. The number of hydrogen-bond donors (Lipinski definition) is 0. The zero-order valence-electron chi connectivity index (χ0n) is 9.73. The second-order valence-corrected chi connectivity index (χ2v) is 4.40. The summed E-state index contributed by atoms with van der Waals surface area (Å²) in [6.45, 7) is 0. The molecular formula is C12H11ClFN3O. The summed E-state index contributed by atoms with van der Waals surface area (Å²) in [5.74, 6) is -0.664. The van der Waals surface area contributed by atoms with Gasteiger partial charge in [0, 0.05) is 19.7 Å². The van der Waals surface area contributed by atoms with Crippen LogP contribution in [0.2, 0.25) is 5.02 Å². The van der Waals surface area contributed by atoms with Gasteiger partial charge in [-0.05, 0) is 11.6 Å². The average molecular weight is 268 g/mol. The molecule has 94 valence electrons. The number of ketones is 1. The van der Waals surface area contributed by atoms with Crippen molar-refractivity contribution >= 4 is 17.4 Å². The third-order valence-electron chi connectivity index (χ3n) is 2.45. The summed E-state index contributed by atoms with van der Waals surface area (Å²) in [7, 11) is 1.72. The second kappa shape index (κ2) is 5.27. The van der Waals surface area contributed by atoms with Crippen LogP contribution in [0.1, 0.15) is 11.3 Å². The van der Waals surface area contributed by atoms with Gasteiger partial charge in [-0.15, -0.1) is 5.10 Å². The highest BCUT2D eigenvalue weighted by atomic mass is 35.5. The Bertz CT molecular complexity index is 582. The first kappa shape index (κ1) is 12.7. The van der Waals surface area contributed by atoms with Crippen LogP contribution in [0.4, 0.5) is 4.39 Å². The van der Waals surface area contributed by atoms with Crippen LogP contribution < -0.4 is 0 Å². The molecular weight excluding hydrogens is 257 g/mol. The summed E-state index contributed by atoms with van der Waals surface area (Å²) >= 11 is 5.65. The fourth-order valence-electron chi connectivity index (χ4n) is 1.64. The van der Waals surface area contributed by atoms with Crippen LogP contribution in [0.15, 0.2) is 24.4 Å². The van der Waals surface area contributed by atoms with Crippen molar-refractivity contribution in [3.8, 4) is 0 Å². The molecule has 0 saturated heterocycles. The number of benzene rings is 1. The number of aromatic nitrogens is 3. The molecule has 1 heterocycles. The Morgan fingerprint density at radius 1 is 1.44 bits per heavy atom. The van der Waals surface area contributed by atoms with Crippen LogP contribution in [0.3, 0.4) is 0 Å². The van der Waals surface area contributed by atoms with Gasteiger partial charge >= 0.3 is 0 Å². The van der Waals surface area contributed by atoms with Crippen molar-refractivity contribution in [2.45, 2.75) is 12.8 Å². The largest absolute Gasteiger partial charge is 0.299 e. The number of aryl methyl sites for hydroxylation is 1. The number of rotatable bonds is 4. The Labute approximate surface area is 108 Å². The molecule has 4 nitrogen and oxygen atoms in total. The first-order valence-electron chi connectivity index (χ1n) is 5.36. The van der Waals surface area contributed by atoms with E-state index >= 15 is 0 Å².